The minimum atomic E-state index is -0.194. The second-order valence-corrected chi connectivity index (χ2v) is 5.62. The Hall–Kier alpha value is -0.730. The van der Waals surface area contributed by atoms with Crippen LogP contribution in [0, 0.1) is 0 Å². The van der Waals surface area contributed by atoms with Crippen LogP contribution in [-0.2, 0) is 4.74 Å². The van der Waals surface area contributed by atoms with E-state index in [4.69, 9.17) is 4.74 Å². The molecule has 0 aromatic rings. The Morgan fingerprint density at radius 1 is 1.31 bits per heavy atom. The van der Waals surface area contributed by atoms with Crippen molar-refractivity contribution in [2.24, 2.45) is 0 Å². The van der Waals surface area contributed by atoms with Crippen molar-refractivity contribution in [3.8, 4) is 0 Å². The first-order valence-electron chi connectivity index (χ1n) is 5.63. The van der Waals surface area contributed by atoms with Crippen LogP contribution in [0.3, 0.4) is 0 Å². The van der Waals surface area contributed by atoms with Crippen LogP contribution in [0.2, 0.25) is 0 Å². The number of ether oxygens (including phenoxy) is 1. The average molecular weight is 234 g/mol. The summed E-state index contributed by atoms with van der Waals surface area (Å²) in [5.74, 6) is 0. The molecule has 1 atom stereocenters. The Labute approximate surface area is 102 Å². The highest BCUT2D eigenvalue weighted by Gasteiger charge is 2.34. The molecule has 2 aliphatic rings. The first-order valence-corrected chi connectivity index (χ1v) is 6.44. The third-order valence-electron chi connectivity index (χ3n) is 3.09. The number of allylic oxidation sites excluding steroid dienone is 5. The minimum Gasteiger partial charge on any atom is -0.363 e. The SMILES string of the molecule is COC1(SC2=CCC=C2)CC=C(C)C=C1C. The zero-order valence-electron chi connectivity index (χ0n) is 10.1. The van der Waals surface area contributed by atoms with E-state index in [1.165, 1.54) is 16.1 Å². The van der Waals surface area contributed by atoms with Gasteiger partial charge >= 0.3 is 0 Å². The molecule has 0 aromatic carbocycles. The van der Waals surface area contributed by atoms with Crippen LogP contribution < -0.4 is 0 Å². The molecule has 2 aliphatic carbocycles. The summed E-state index contributed by atoms with van der Waals surface area (Å²) in [6.45, 7) is 4.30. The molecular formula is C14H18OS. The van der Waals surface area contributed by atoms with Gasteiger partial charge in [0.2, 0.25) is 0 Å². The summed E-state index contributed by atoms with van der Waals surface area (Å²) in [5.41, 5.74) is 2.64. The van der Waals surface area contributed by atoms with Crippen molar-refractivity contribution >= 4 is 11.8 Å². The van der Waals surface area contributed by atoms with Crippen molar-refractivity contribution in [1.29, 1.82) is 0 Å². The quantitative estimate of drug-likeness (QED) is 0.677. The van der Waals surface area contributed by atoms with E-state index in [9.17, 15) is 0 Å². The predicted molar refractivity (Wildman–Crippen MR) is 71.3 cm³/mol. The molecule has 2 heteroatoms. The van der Waals surface area contributed by atoms with E-state index in [0.717, 1.165) is 12.8 Å². The number of thioether (sulfide) groups is 1. The Morgan fingerprint density at radius 2 is 2.12 bits per heavy atom. The first-order chi connectivity index (χ1) is 7.66. The molecule has 86 valence electrons. The molecule has 0 bridgehead atoms. The zero-order valence-corrected chi connectivity index (χ0v) is 10.9. The number of hydrogen-bond acceptors (Lipinski definition) is 2. The van der Waals surface area contributed by atoms with E-state index in [-0.39, 0.29) is 4.93 Å². The van der Waals surface area contributed by atoms with Crippen LogP contribution in [0.4, 0.5) is 0 Å². The van der Waals surface area contributed by atoms with Gasteiger partial charge in [-0.05, 0) is 25.8 Å². The normalized spacial score (nSPS) is 28.8. The Balaban J connectivity index is 2.20. The summed E-state index contributed by atoms with van der Waals surface area (Å²) in [7, 11) is 1.80. The molecule has 0 radical (unpaired) electrons. The van der Waals surface area contributed by atoms with Crippen molar-refractivity contribution in [2.45, 2.75) is 31.6 Å². The molecule has 2 rings (SSSR count). The third-order valence-corrected chi connectivity index (χ3v) is 4.61. The maximum Gasteiger partial charge on any atom is 0.142 e. The van der Waals surface area contributed by atoms with Gasteiger partial charge in [-0.3, -0.25) is 0 Å². The molecule has 0 saturated carbocycles. The lowest BCUT2D eigenvalue weighted by Gasteiger charge is -2.34. The fourth-order valence-electron chi connectivity index (χ4n) is 2.08. The summed E-state index contributed by atoms with van der Waals surface area (Å²) < 4.78 is 5.78. The summed E-state index contributed by atoms with van der Waals surface area (Å²) in [6.07, 6.45) is 13.1. The Morgan fingerprint density at radius 3 is 2.69 bits per heavy atom. The van der Waals surface area contributed by atoms with Gasteiger partial charge in [0.15, 0.2) is 0 Å². The van der Waals surface area contributed by atoms with Gasteiger partial charge < -0.3 is 4.74 Å². The number of hydrogen-bond donors (Lipinski definition) is 0. The van der Waals surface area contributed by atoms with Gasteiger partial charge in [0.1, 0.15) is 4.93 Å². The second kappa shape index (κ2) is 4.64. The van der Waals surface area contributed by atoms with Gasteiger partial charge in [-0.1, -0.05) is 47.7 Å². The fourth-order valence-corrected chi connectivity index (χ4v) is 3.27. The van der Waals surface area contributed by atoms with Crippen LogP contribution in [0.1, 0.15) is 26.7 Å². The molecule has 0 fully saturated rings. The maximum atomic E-state index is 5.78. The van der Waals surface area contributed by atoms with Crippen molar-refractivity contribution in [2.75, 3.05) is 7.11 Å². The van der Waals surface area contributed by atoms with E-state index < -0.39 is 0 Å². The smallest absolute Gasteiger partial charge is 0.142 e. The van der Waals surface area contributed by atoms with Gasteiger partial charge in [-0.25, -0.2) is 0 Å². The molecule has 0 heterocycles. The molecule has 0 N–H and O–H groups in total. The van der Waals surface area contributed by atoms with E-state index in [0.29, 0.717) is 0 Å². The molecule has 1 nitrogen and oxygen atoms in total. The topological polar surface area (TPSA) is 9.23 Å². The van der Waals surface area contributed by atoms with Crippen LogP contribution >= 0.6 is 11.8 Å². The van der Waals surface area contributed by atoms with Gasteiger partial charge in [-0.15, -0.1) is 0 Å². The first kappa shape index (κ1) is 11.7. The largest absolute Gasteiger partial charge is 0.363 e. The molecular weight excluding hydrogens is 216 g/mol. The Bertz CT molecular complexity index is 401. The lowest BCUT2D eigenvalue weighted by molar-refractivity contribution is 0.103. The lowest BCUT2D eigenvalue weighted by atomic mass is 9.98. The standard InChI is InChI=1S/C14H18OS/c1-11-8-9-14(15-3,12(2)10-11)16-13-6-4-5-7-13/h4,6-8,10H,5,9H2,1-3H3. The molecule has 0 spiro atoms. The average Bonchev–Trinajstić information content (AvgIpc) is 2.75. The molecule has 16 heavy (non-hydrogen) atoms. The van der Waals surface area contributed by atoms with E-state index >= 15 is 0 Å². The Kier molecular flexibility index (Phi) is 3.41. The van der Waals surface area contributed by atoms with Gasteiger partial charge in [0, 0.05) is 18.4 Å². The van der Waals surface area contributed by atoms with E-state index in [2.05, 4.69) is 44.2 Å². The highest BCUT2D eigenvalue weighted by Crippen LogP contribution is 2.45. The predicted octanol–water partition coefficient (Wildman–Crippen LogP) is 4.20. The molecule has 1 unspecified atom stereocenters. The van der Waals surface area contributed by atoms with E-state index in [1.807, 2.05) is 11.8 Å². The number of methoxy groups -OCH3 is 1. The second-order valence-electron chi connectivity index (χ2n) is 4.28. The van der Waals surface area contributed by atoms with Crippen molar-refractivity contribution in [3.05, 3.63) is 46.4 Å². The summed E-state index contributed by atoms with van der Waals surface area (Å²) in [4.78, 5) is 1.13. The van der Waals surface area contributed by atoms with Gasteiger partial charge in [0.05, 0.1) is 0 Å². The van der Waals surface area contributed by atoms with Crippen LogP contribution in [-0.4, -0.2) is 12.0 Å². The van der Waals surface area contributed by atoms with Crippen LogP contribution in [0.25, 0.3) is 0 Å². The minimum absolute atomic E-state index is 0.194. The van der Waals surface area contributed by atoms with Crippen molar-refractivity contribution in [3.63, 3.8) is 0 Å². The molecule has 0 amide bonds. The molecule has 0 aromatic heterocycles. The number of rotatable bonds is 3. The monoisotopic (exact) mass is 234 g/mol. The molecule has 0 aliphatic heterocycles. The lowest BCUT2D eigenvalue weighted by Crippen LogP contribution is -2.30. The summed E-state index contributed by atoms with van der Waals surface area (Å²) in [5, 5.41) is 0. The van der Waals surface area contributed by atoms with Crippen LogP contribution in [0.15, 0.2) is 46.4 Å². The zero-order chi connectivity index (χ0) is 11.6. The van der Waals surface area contributed by atoms with Crippen molar-refractivity contribution < 1.29 is 4.74 Å². The van der Waals surface area contributed by atoms with Gasteiger partial charge in [0.25, 0.3) is 0 Å². The fraction of sp³-hybridized carbons (Fsp3) is 0.429. The highest BCUT2D eigenvalue weighted by molar-refractivity contribution is 8.04. The van der Waals surface area contributed by atoms with Crippen LogP contribution in [0.5, 0.6) is 0 Å². The highest BCUT2D eigenvalue weighted by atomic mass is 32.2. The van der Waals surface area contributed by atoms with Crippen molar-refractivity contribution in [1.82, 2.24) is 0 Å². The van der Waals surface area contributed by atoms with Gasteiger partial charge in [-0.2, -0.15) is 0 Å². The summed E-state index contributed by atoms with van der Waals surface area (Å²) >= 11 is 1.82. The van der Waals surface area contributed by atoms with E-state index in [1.54, 1.807) is 7.11 Å². The maximum absolute atomic E-state index is 5.78. The summed E-state index contributed by atoms with van der Waals surface area (Å²) in [6, 6.07) is 0. The molecule has 0 saturated heterocycles. The third kappa shape index (κ3) is 2.18.